The number of likely N-dealkylation sites (N-methyl/N-ethyl adjacent to an activating group) is 1. The Morgan fingerprint density at radius 2 is 1.74 bits per heavy atom. The molecule has 0 aliphatic carbocycles. The van der Waals surface area contributed by atoms with E-state index in [0.717, 1.165) is 80.5 Å². The van der Waals surface area contributed by atoms with Crippen LogP contribution < -0.4 is 10.2 Å². The molecule has 4 rings (SSSR count). The molecule has 2 aliphatic rings. The molecule has 0 amide bonds. The molecule has 35 heavy (non-hydrogen) atoms. The SMILES string of the molecule is CC(=O)CCC(Nc1cccc(Cl)c1N1CCN(C)CC1)N1CCC(C#N)(c2ccccc2)CC1. The van der Waals surface area contributed by atoms with E-state index < -0.39 is 5.41 Å². The van der Waals surface area contributed by atoms with Gasteiger partial charge in [-0.3, -0.25) is 4.90 Å². The zero-order valence-corrected chi connectivity index (χ0v) is 21.6. The number of carbonyl (C=O) groups is 1. The second-order valence-electron chi connectivity index (χ2n) is 9.92. The molecule has 2 heterocycles. The van der Waals surface area contributed by atoms with Gasteiger partial charge in [0.25, 0.3) is 0 Å². The number of piperazine rings is 1. The molecular formula is C28H36ClN5O. The standard InChI is InChI=1S/C28H36ClN5O/c1-22(35)11-12-26(33-15-13-28(21-30,14-16-33)23-7-4-3-5-8-23)31-25-10-6-9-24(29)27(25)34-19-17-32(2)18-20-34/h3-10,26,31H,11-20H2,1-2H3. The summed E-state index contributed by atoms with van der Waals surface area (Å²) in [6.45, 7) is 7.10. The van der Waals surface area contributed by atoms with Crippen molar-refractivity contribution in [3.8, 4) is 6.07 Å². The number of para-hydroxylation sites is 1. The Balaban J connectivity index is 1.54. The number of ketones is 1. The molecule has 7 heteroatoms. The molecule has 6 nitrogen and oxygen atoms in total. The Morgan fingerprint density at radius 1 is 1.06 bits per heavy atom. The Hall–Kier alpha value is -2.59. The highest BCUT2D eigenvalue weighted by Gasteiger charge is 2.38. The van der Waals surface area contributed by atoms with Crippen molar-refractivity contribution in [2.45, 2.75) is 44.2 Å². The van der Waals surface area contributed by atoms with Crippen molar-refractivity contribution in [3.63, 3.8) is 0 Å². The van der Waals surface area contributed by atoms with Crippen molar-refractivity contribution >= 4 is 28.8 Å². The van der Waals surface area contributed by atoms with Gasteiger partial charge in [0.1, 0.15) is 5.78 Å². The quantitative estimate of drug-likeness (QED) is 0.572. The van der Waals surface area contributed by atoms with Crippen LogP contribution in [0.5, 0.6) is 0 Å². The van der Waals surface area contributed by atoms with Crippen LogP contribution in [0, 0.1) is 11.3 Å². The number of Topliss-reactive ketones (excluding diaryl/α,β-unsaturated/α-hetero) is 1. The van der Waals surface area contributed by atoms with E-state index >= 15 is 0 Å². The third-order valence-electron chi connectivity index (χ3n) is 7.53. The molecule has 186 valence electrons. The molecule has 2 aliphatic heterocycles. The van der Waals surface area contributed by atoms with Crippen LogP contribution in [0.4, 0.5) is 11.4 Å². The first kappa shape index (κ1) is 25.5. The van der Waals surface area contributed by atoms with E-state index in [-0.39, 0.29) is 11.9 Å². The van der Waals surface area contributed by atoms with Gasteiger partial charge >= 0.3 is 0 Å². The molecule has 0 spiro atoms. The molecule has 2 aromatic rings. The van der Waals surface area contributed by atoms with Crippen molar-refractivity contribution in [3.05, 3.63) is 59.1 Å². The van der Waals surface area contributed by atoms with Crippen molar-refractivity contribution in [2.75, 3.05) is 56.5 Å². The lowest BCUT2D eigenvalue weighted by molar-refractivity contribution is -0.117. The molecule has 1 unspecified atom stereocenters. The lowest BCUT2D eigenvalue weighted by Gasteiger charge is -2.42. The topological polar surface area (TPSA) is 62.6 Å². The van der Waals surface area contributed by atoms with Crippen LogP contribution in [0.1, 0.15) is 38.2 Å². The molecule has 0 radical (unpaired) electrons. The van der Waals surface area contributed by atoms with Crippen LogP contribution in [-0.4, -0.2) is 68.1 Å². The van der Waals surface area contributed by atoms with E-state index in [1.807, 2.05) is 30.3 Å². The summed E-state index contributed by atoms with van der Waals surface area (Å²) < 4.78 is 0. The van der Waals surface area contributed by atoms with Gasteiger partial charge in [-0.1, -0.05) is 48.0 Å². The summed E-state index contributed by atoms with van der Waals surface area (Å²) in [5.41, 5.74) is 2.70. The van der Waals surface area contributed by atoms with E-state index in [2.05, 4.69) is 51.3 Å². The normalized spacial score (nSPS) is 19.7. The third-order valence-corrected chi connectivity index (χ3v) is 7.84. The highest BCUT2D eigenvalue weighted by molar-refractivity contribution is 6.34. The Kier molecular flexibility index (Phi) is 8.33. The maximum atomic E-state index is 11.9. The molecule has 2 aromatic carbocycles. The average Bonchev–Trinajstić information content (AvgIpc) is 2.88. The number of halogens is 1. The number of carbonyl (C=O) groups excluding carboxylic acids is 1. The predicted octanol–water partition coefficient (Wildman–Crippen LogP) is 4.76. The van der Waals surface area contributed by atoms with Gasteiger partial charge in [-0.2, -0.15) is 5.26 Å². The largest absolute Gasteiger partial charge is 0.368 e. The number of likely N-dealkylation sites (tertiary alicyclic amines) is 1. The lowest BCUT2D eigenvalue weighted by Crippen LogP contribution is -2.50. The summed E-state index contributed by atoms with van der Waals surface area (Å²) >= 11 is 6.72. The molecule has 1 N–H and O–H groups in total. The predicted molar refractivity (Wildman–Crippen MR) is 143 cm³/mol. The number of anilines is 2. The number of rotatable bonds is 8. The highest BCUT2D eigenvalue weighted by atomic mass is 35.5. The number of nitrogens with zero attached hydrogens (tertiary/aromatic N) is 4. The van der Waals surface area contributed by atoms with E-state index in [9.17, 15) is 10.1 Å². The number of piperidine rings is 1. The summed E-state index contributed by atoms with van der Waals surface area (Å²) in [5, 5.41) is 14.6. The van der Waals surface area contributed by atoms with Crippen LogP contribution in [0.2, 0.25) is 5.02 Å². The molecular weight excluding hydrogens is 458 g/mol. The number of hydrogen-bond acceptors (Lipinski definition) is 6. The Labute approximate surface area is 214 Å². The first-order valence-corrected chi connectivity index (χ1v) is 13.0. The fourth-order valence-corrected chi connectivity index (χ4v) is 5.58. The van der Waals surface area contributed by atoms with Gasteiger partial charge in [0.2, 0.25) is 0 Å². The summed E-state index contributed by atoms with van der Waals surface area (Å²) in [7, 11) is 2.15. The zero-order valence-electron chi connectivity index (χ0n) is 20.8. The summed E-state index contributed by atoms with van der Waals surface area (Å²) in [4.78, 5) is 19.0. The molecule has 0 saturated carbocycles. The second-order valence-corrected chi connectivity index (χ2v) is 10.3. The molecule has 1 atom stereocenters. The van der Waals surface area contributed by atoms with Gasteiger partial charge in [-0.25, -0.2) is 0 Å². The highest BCUT2D eigenvalue weighted by Crippen LogP contribution is 2.38. The minimum Gasteiger partial charge on any atom is -0.368 e. The van der Waals surface area contributed by atoms with Crippen molar-refractivity contribution in [1.29, 1.82) is 5.26 Å². The van der Waals surface area contributed by atoms with Crippen LogP contribution in [0.3, 0.4) is 0 Å². The minimum atomic E-state index is -0.454. The Bertz CT molecular complexity index is 1040. The van der Waals surface area contributed by atoms with Gasteiger partial charge in [0.15, 0.2) is 0 Å². The van der Waals surface area contributed by atoms with Crippen molar-refractivity contribution < 1.29 is 4.79 Å². The number of nitrogens with one attached hydrogen (secondary N) is 1. The maximum absolute atomic E-state index is 11.9. The molecule has 0 bridgehead atoms. The maximum Gasteiger partial charge on any atom is 0.129 e. The smallest absolute Gasteiger partial charge is 0.129 e. The average molecular weight is 494 g/mol. The van der Waals surface area contributed by atoms with Crippen LogP contribution in [-0.2, 0) is 10.2 Å². The van der Waals surface area contributed by atoms with Crippen molar-refractivity contribution in [2.24, 2.45) is 0 Å². The minimum absolute atomic E-state index is 0.00366. The van der Waals surface area contributed by atoms with E-state index in [0.29, 0.717) is 6.42 Å². The van der Waals surface area contributed by atoms with Gasteiger partial charge in [0, 0.05) is 45.7 Å². The monoisotopic (exact) mass is 493 g/mol. The van der Waals surface area contributed by atoms with E-state index in [1.54, 1.807) is 6.92 Å². The fraction of sp³-hybridized carbons (Fsp3) is 0.500. The first-order chi connectivity index (χ1) is 16.9. The number of benzene rings is 2. The van der Waals surface area contributed by atoms with Gasteiger partial charge in [0.05, 0.1) is 34.0 Å². The second kappa shape index (κ2) is 11.4. The van der Waals surface area contributed by atoms with E-state index in [4.69, 9.17) is 11.6 Å². The van der Waals surface area contributed by atoms with Crippen molar-refractivity contribution in [1.82, 2.24) is 9.80 Å². The molecule has 2 saturated heterocycles. The summed E-state index contributed by atoms with van der Waals surface area (Å²) in [6, 6.07) is 18.8. The Morgan fingerprint density at radius 3 is 2.37 bits per heavy atom. The number of hydrogen-bond donors (Lipinski definition) is 1. The zero-order chi connectivity index (χ0) is 24.8. The van der Waals surface area contributed by atoms with Crippen LogP contribution in [0.15, 0.2) is 48.5 Å². The van der Waals surface area contributed by atoms with Gasteiger partial charge < -0.3 is 19.9 Å². The lowest BCUT2D eigenvalue weighted by atomic mass is 9.74. The fourth-order valence-electron chi connectivity index (χ4n) is 5.29. The van der Waals surface area contributed by atoms with E-state index in [1.165, 1.54) is 0 Å². The van der Waals surface area contributed by atoms with Gasteiger partial charge in [-0.05, 0) is 50.9 Å². The summed E-state index contributed by atoms with van der Waals surface area (Å²) in [6.07, 6.45) is 2.77. The molecule has 2 fully saturated rings. The van der Waals surface area contributed by atoms with Gasteiger partial charge in [-0.15, -0.1) is 0 Å². The first-order valence-electron chi connectivity index (χ1n) is 12.6. The number of nitriles is 1. The summed E-state index contributed by atoms with van der Waals surface area (Å²) in [5.74, 6) is 0.190. The van der Waals surface area contributed by atoms with Crippen LogP contribution >= 0.6 is 11.6 Å². The van der Waals surface area contributed by atoms with Crippen LogP contribution in [0.25, 0.3) is 0 Å². The molecule has 0 aromatic heterocycles. The third kappa shape index (κ3) is 5.98.